The Morgan fingerprint density at radius 2 is 1.92 bits per heavy atom. The fourth-order valence-corrected chi connectivity index (χ4v) is 3.38. The van der Waals surface area contributed by atoms with Crippen molar-refractivity contribution < 1.29 is 9.72 Å². The number of carbonyl (C=O) groups is 1. The van der Waals surface area contributed by atoms with Crippen LogP contribution >= 0.6 is 23.4 Å². The lowest BCUT2D eigenvalue weighted by Crippen LogP contribution is -2.16. The van der Waals surface area contributed by atoms with Gasteiger partial charge in [-0.25, -0.2) is 0 Å². The molecule has 2 aromatic rings. The Hall–Kier alpha value is -2.09. The number of hydrogen-bond acceptors (Lipinski definition) is 5. The number of rotatable bonds is 7. The van der Waals surface area contributed by atoms with Gasteiger partial charge in [-0.3, -0.25) is 14.9 Å². The number of nitrogens with zero attached hydrogens (tertiary/aromatic N) is 2. The molecule has 0 bridgehead atoms. The van der Waals surface area contributed by atoms with Gasteiger partial charge in [-0.05, 0) is 50.5 Å². The number of carbonyl (C=O) groups excluding carboxylic acids is 1. The van der Waals surface area contributed by atoms with Crippen LogP contribution in [0.4, 0.5) is 11.4 Å². The third-order valence-corrected chi connectivity index (χ3v) is 4.60. The number of nitrogens with one attached hydrogen (secondary N) is 1. The Bertz CT molecular complexity index is 766. The van der Waals surface area contributed by atoms with E-state index in [1.165, 1.54) is 17.8 Å². The van der Waals surface area contributed by atoms with E-state index in [9.17, 15) is 14.9 Å². The third-order valence-electron chi connectivity index (χ3n) is 3.32. The van der Waals surface area contributed by atoms with E-state index in [1.807, 2.05) is 19.0 Å². The van der Waals surface area contributed by atoms with Crippen LogP contribution in [-0.4, -0.2) is 42.1 Å². The summed E-state index contributed by atoms with van der Waals surface area (Å²) in [5.41, 5.74) is 0.391. The quantitative estimate of drug-likeness (QED) is 0.444. The van der Waals surface area contributed by atoms with Gasteiger partial charge in [-0.1, -0.05) is 17.7 Å². The predicted octanol–water partition coefficient (Wildman–Crippen LogP) is 4.15. The first kappa shape index (κ1) is 19.2. The SMILES string of the molecule is CN(C)CCSc1cccc(C(=O)Nc2ccc(Cl)cc2)c1[N+](=O)[O-]. The van der Waals surface area contributed by atoms with Crippen molar-refractivity contribution in [1.29, 1.82) is 0 Å². The zero-order chi connectivity index (χ0) is 18.4. The minimum Gasteiger partial charge on any atom is -0.322 e. The predicted molar refractivity (Wildman–Crippen MR) is 102 cm³/mol. The molecule has 0 spiro atoms. The summed E-state index contributed by atoms with van der Waals surface area (Å²) in [6.07, 6.45) is 0. The Balaban J connectivity index is 2.25. The molecular formula is C17H18ClN3O3S. The van der Waals surface area contributed by atoms with Gasteiger partial charge in [0.25, 0.3) is 11.6 Å². The molecule has 1 N–H and O–H groups in total. The van der Waals surface area contributed by atoms with Crippen LogP contribution < -0.4 is 5.32 Å². The summed E-state index contributed by atoms with van der Waals surface area (Å²) in [6.45, 7) is 0.781. The first-order valence-corrected chi connectivity index (χ1v) is 8.86. The highest BCUT2D eigenvalue weighted by molar-refractivity contribution is 7.99. The van der Waals surface area contributed by atoms with Gasteiger partial charge in [0.2, 0.25) is 0 Å². The van der Waals surface area contributed by atoms with Gasteiger partial charge in [-0.15, -0.1) is 11.8 Å². The average molecular weight is 380 g/mol. The molecule has 0 aliphatic rings. The molecule has 0 aromatic heterocycles. The van der Waals surface area contributed by atoms with E-state index in [2.05, 4.69) is 5.32 Å². The number of halogens is 1. The van der Waals surface area contributed by atoms with E-state index in [0.29, 0.717) is 21.4 Å². The molecule has 0 saturated heterocycles. The maximum Gasteiger partial charge on any atom is 0.295 e. The first-order valence-electron chi connectivity index (χ1n) is 7.50. The molecular weight excluding hydrogens is 362 g/mol. The summed E-state index contributed by atoms with van der Waals surface area (Å²) in [5, 5.41) is 14.7. The highest BCUT2D eigenvalue weighted by atomic mass is 35.5. The molecule has 0 heterocycles. The van der Waals surface area contributed by atoms with Crippen molar-refractivity contribution in [3.8, 4) is 0 Å². The van der Waals surface area contributed by atoms with Crippen LogP contribution in [0.1, 0.15) is 10.4 Å². The molecule has 6 nitrogen and oxygen atoms in total. The maximum absolute atomic E-state index is 12.5. The lowest BCUT2D eigenvalue weighted by molar-refractivity contribution is -0.388. The average Bonchev–Trinajstić information content (AvgIpc) is 2.56. The Labute approximate surface area is 155 Å². The van der Waals surface area contributed by atoms with Crippen molar-refractivity contribution in [2.45, 2.75) is 4.90 Å². The number of benzene rings is 2. The van der Waals surface area contributed by atoms with Crippen LogP contribution in [0, 0.1) is 10.1 Å². The zero-order valence-electron chi connectivity index (χ0n) is 13.9. The summed E-state index contributed by atoms with van der Waals surface area (Å²) in [4.78, 5) is 26.0. The van der Waals surface area contributed by atoms with Crippen molar-refractivity contribution in [1.82, 2.24) is 4.90 Å². The molecule has 0 fully saturated rings. The second kappa shape index (κ2) is 8.84. The minimum atomic E-state index is -0.524. The van der Waals surface area contributed by atoms with Crippen LogP contribution in [-0.2, 0) is 0 Å². The van der Waals surface area contributed by atoms with Gasteiger partial charge in [0.1, 0.15) is 5.56 Å². The highest BCUT2D eigenvalue weighted by Crippen LogP contribution is 2.32. The van der Waals surface area contributed by atoms with Gasteiger partial charge in [0.05, 0.1) is 9.82 Å². The molecule has 0 aliphatic carbocycles. The topological polar surface area (TPSA) is 75.5 Å². The van der Waals surface area contributed by atoms with Crippen LogP contribution in [0.5, 0.6) is 0 Å². The smallest absolute Gasteiger partial charge is 0.295 e. The van der Waals surface area contributed by atoms with Crippen molar-refractivity contribution in [2.24, 2.45) is 0 Å². The molecule has 8 heteroatoms. The fourth-order valence-electron chi connectivity index (χ4n) is 2.08. The molecule has 0 unspecified atom stereocenters. The Morgan fingerprint density at radius 1 is 1.24 bits per heavy atom. The van der Waals surface area contributed by atoms with Crippen molar-refractivity contribution in [3.63, 3.8) is 0 Å². The monoisotopic (exact) mass is 379 g/mol. The van der Waals surface area contributed by atoms with E-state index in [-0.39, 0.29) is 11.3 Å². The van der Waals surface area contributed by atoms with Crippen molar-refractivity contribution >= 4 is 40.6 Å². The standard InChI is InChI=1S/C17H18ClN3O3S/c1-20(2)10-11-25-15-5-3-4-14(16(15)21(23)24)17(22)19-13-8-6-12(18)7-9-13/h3-9H,10-11H2,1-2H3,(H,19,22). The van der Waals surface area contributed by atoms with Crippen LogP contribution in [0.25, 0.3) is 0 Å². The largest absolute Gasteiger partial charge is 0.322 e. The van der Waals surface area contributed by atoms with Gasteiger partial charge in [0.15, 0.2) is 0 Å². The van der Waals surface area contributed by atoms with Crippen LogP contribution in [0.3, 0.4) is 0 Å². The lowest BCUT2D eigenvalue weighted by atomic mass is 10.1. The van der Waals surface area contributed by atoms with Gasteiger partial charge >= 0.3 is 0 Å². The number of nitro groups is 1. The van der Waals surface area contributed by atoms with E-state index in [1.54, 1.807) is 36.4 Å². The van der Waals surface area contributed by atoms with E-state index < -0.39 is 10.8 Å². The molecule has 0 radical (unpaired) electrons. The second-order valence-electron chi connectivity index (χ2n) is 5.52. The summed E-state index contributed by atoms with van der Waals surface area (Å²) in [6, 6.07) is 11.3. The molecule has 2 rings (SSSR count). The first-order chi connectivity index (χ1) is 11.9. The van der Waals surface area contributed by atoms with Crippen molar-refractivity contribution in [3.05, 3.63) is 63.2 Å². The van der Waals surface area contributed by atoms with E-state index >= 15 is 0 Å². The molecule has 25 heavy (non-hydrogen) atoms. The number of para-hydroxylation sites is 1. The maximum atomic E-state index is 12.5. The highest BCUT2D eigenvalue weighted by Gasteiger charge is 2.24. The van der Waals surface area contributed by atoms with Crippen LogP contribution in [0.15, 0.2) is 47.4 Å². The molecule has 0 atom stereocenters. The normalized spacial score (nSPS) is 10.7. The summed E-state index contributed by atoms with van der Waals surface area (Å²) in [5.74, 6) is 0.167. The summed E-state index contributed by atoms with van der Waals surface area (Å²) >= 11 is 7.18. The molecule has 1 amide bonds. The number of anilines is 1. The number of nitro benzene ring substituents is 1. The Kier molecular flexibility index (Phi) is 6.81. The van der Waals surface area contributed by atoms with Crippen molar-refractivity contribution in [2.75, 3.05) is 31.7 Å². The number of thioether (sulfide) groups is 1. The molecule has 2 aromatic carbocycles. The summed E-state index contributed by atoms with van der Waals surface area (Å²) < 4.78 is 0. The van der Waals surface area contributed by atoms with E-state index in [0.717, 1.165) is 6.54 Å². The third kappa shape index (κ3) is 5.45. The lowest BCUT2D eigenvalue weighted by Gasteiger charge is -2.11. The molecule has 0 aliphatic heterocycles. The fraction of sp³-hybridized carbons (Fsp3) is 0.235. The Morgan fingerprint density at radius 3 is 2.52 bits per heavy atom. The molecule has 132 valence electrons. The van der Waals surface area contributed by atoms with Gasteiger partial charge in [-0.2, -0.15) is 0 Å². The number of amides is 1. The van der Waals surface area contributed by atoms with Gasteiger partial charge < -0.3 is 10.2 Å². The molecule has 0 saturated carbocycles. The summed E-state index contributed by atoms with van der Waals surface area (Å²) in [7, 11) is 3.87. The number of hydrogen-bond donors (Lipinski definition) is 1. The zero-order valence-corrected chi connectivity index (χ0v) is 15.4. The van der Waals surface area contributed by atoms with E-state index in [4.69, 9.17) is 11.6 Å². The van der Waals surface area contributed by atoms with Crippen LogP contribution in [0.2, 0.25) is 5.02 Å². The minimum absolute atomic E-state index is 0.0369. The van der Waals surface area contributed by atoms with Gasteiger partial charge in [0, 0.05) is 23.0 Å². The second-order valence-corrected chi connectivity index (χ2v) is 7.10.